The predicted octanol–water partition coefficient (Wildman–Crippen LogP) is 1.60. The van der Waals surface area contributed by atoms with Gasteiger partial charge in [-0.25, -0.2) is 0 Å². The first kappa shape index (κ1) is 11.1. The highest BCUT2D eigenvalue weighted by Crippen LogP contribution is 1.98. The van der Waals surface area contributed by atoms with Gasteiger partial charge in [-0.05, 0) is 5.92 Å². The van der Waals surface area contributed by atoms with Crippen LogP contribution < -0.4 is 5.32 Å². The van der Waals surface area contributed by atoms with Crippen molar-refractivity contribution in [3.8, 4) is 0 Å². The fourth-order valence-corrected chi connectivity index (χ4v) is 0.703. The number of amides is 1. The molecule has 0 spiro atoms. The van der Waals surface area contributed by atoms with Crippen LogP contribution in [0.2, 0.25) is 0 Å². The smallest absolute Gasteiger partial charge is 0.239 e. The monoisotopic (exact) mass is 197 g/mol. The summed E-state index contributed by atoms with van der Waals surface area (Å²) >= 11 is 10.9. The molecular weight excluding hydrogens is 185 g/mol. The zero-order valence-electron chi connectivity index (χ0n) is 6.73. The number of alkyl halides is 2. The Labute approximate surface area is 77.2 Å². The van der Waals surface area contributed by atoms with Crippen LogP contribution in [0.25, 0.3) is 0 Å². The summed E-state index contributed by atoms with van der Waals surface area (Å²) in [6, 6.07) is 0. The highest BCUT2D eigenvalue weighted by molar-refractivity contribution is 6.36. The lowest BCUT2D eigenvalue weighted by Gasteiger charge is -2.09. The lowest BCUT2D eigenvalue weighted by atomic mass is 10.2. The fourth-order valence-electron chi connectivity index (χ4n) is 0.486. The molecule has 0 saturated carbocycles. The molecule has 0 aromatic heterocycles. The molecule has 0 aliphatic heterocycles. The number of rotatable bonds is 4. The van der Waals surface area contributed by atoms with Crippen LogP contribution in [0.3, 0.4) is 0 Å². The summed E-state index contributed by atoms with van der Waals surface area (Å²) in [5.41, 5.74) is 0. The molecule has 0 rings (SSSR count). The maximum absolute atomic E-state index is 11.0. The Hall–Kier alpha value is 0.0500. The molecule has 4 heteroatoms. The van der Waals surface area contributed by atoms with Crippen LogP contribution >= 0.6 is 23.2 Å². The minimum absolute atomic E-state index is 0.158. The van der Waals surface area contributed by atoms with Gasteiger partial charge < -0.3 is 5.32 Å². The van der Waals surface area contributed by atoms with Gasteiger partial charge >= 0.3 is 0 Å². The largest absolute Gasteiger partial charge is 0.355 e. The third-order valence-electron chi connectivity index (χ3n) is 1.10. The molecule has 1 atom stereocenters. The molecule has 0 fully saturated rings. The van der Waals surface area contributed by atoms with Gasteiger partial charge in [-0.3, -0.25) is 4.79 Å². The lowest BCUT2D eigenvalue weighted by Crippen LogP contribution is -2.34. The molecule has 2 nitrogen and oxygen atoms in total. The number of hydrogen-bond donors (Lipinski definition) is 1. The van der Waals surface area contributed by atoms with Crippen molar-refractivity contribution < 1.29 is 4.79 Å². The molecule has 11 heavy (non-hydrogen) atoms. The first-order valence-electron chi connectivity index (χ1n) is 3.55. The molecule has 66 valence electrons. The summed E-state index contributed by atoms with van der Waals surface area (Å²) in [6.45, 7) is 4.69. The van der Waals surface area contributed by atoms with E-state index in [0.717, 1.165) is 0 Å². The molecular formula is C7H13Cl2NO. The molecule has 0 bridgehead atoms. The standard InChI is InChI=1S/C7H13Cl2NO/c1-5(2)4-10-7(11)6(9)3-8/h5-6H,3-4H2,1-2H3,(H,10,11). The Bertz CT molecular complexity index is 128. The van der Waals surface area contributed by atoms with Gasteiger partial charge in [0.05, 0.1) is 0 Å². The van der Waals surface area contributed by atoms with Crippen molar-refractivity contribution in [2.45, 2.75) is 19.2 Å². The Morgan fingerprint density at radius 3 is 2.45 bits per heavy atom. The second kappa shape index (κ2) is 5.67. The number of nitrogens with one attached hydrogen (secondary N) is 1. The maximum atomic E-state index is 11.0. The van der Waals surface area contributed by atoms with E-state index in [1.165, 1.54) is 0 Å². The number of carbonyl (C=O) groups is 1. The van der Waals surface area contributed by atoms with E-state index in [1.54, 1.807) is 0 Å². The van der Waals surface area contributed by atoms with Crippen molar-refractivity contribution in [1.29, 1.82) is 0 Å². The van der Waals surface area contributed by atoms with Gasteiger partial charge in [-0.2, -0.15) is 0 Å². The summed E-state index contributed by atoms with van der Waals surface area (Å²) in [4.78, 5) is 11.0. The van der Waals surface area contributed by atoms with Crippen molar-refractivity contribution in [3.63, 3.8) is 0 Å². The molecule has 1 N–H and O–H groups in total. The zero-order valence-corrected chi connectivity index (χ0v) is 8.24. The highest BCUT2D eigenvalue weighted by Gasteiger charge is 2.12. The predicted molar refractivity (Wildman–Crippen MR) is 48.2 cm³/mol. The number of carbonyl (C=O) groups excluding carboxylic acids is 1. The van der Waals surface area contributed by atoms with Gasteiger partial charge in [-0.1, -0.05) is 13.8 Å². The van der Waals surface area contributed by atoms with E-state index >= 15 is 0 Å². The van der Waals surface area contributed by atoms with Crippen LogP contribution in [0.5, 0.6) is 0 Å². The van der Waals surface area contributed by atoms with Crippen LogP contribution in [0.15, 0.2) is 0 Å². The Kier molecular flexibility index (Phi) is 5.69. The lowest BCUT2D eigenvalue weighted by molar-refractivity contribution is -0.120. The summed E-state index contributed by atoms with van der Waals surface area (Å²) < 4.78 is 0. The molecule has 0 aromatic rings. The van der Waals surface area contributed by atoms with Crippen LogP contribution in [0.4, 0.5) is 0 Å². The van der Waals surface area contributed by atoms with Crippen molar-refractivity contribution in [2.24, 2.45) is 5.92 Å². The molecule has 1 amide bonds. The van der Waals surface area contributed by atoms with E-state index in [9.17, 15) is 4.79 Å². The third-order valence-corrected chi connectivity index (χ3v) is 1.92. The van der Waals surface area contributed by atoms with E-state index in [4.69, 9.17) is 23.2 Å². The summed E-state index contributed by atoms with van der Waals surface area (Å²) in [5.74, 6) is 0.416. The van der Waals surface area contributed by atoms with Crippen LogP contribution in [-0.2, 0) is 4.79 Å². The van der Waals surface area contributed by atoms with E-state index in [2.05, 4.69) is 5.32 Å². The third kappa shape index (κ3) is 5.33. The Balaban J connectivity index is 3.52. The number of halogens is 2. The molecule has 0 aliphatic rings. The average Bonchev–Trinajstić information content (AvgIpc) is 1.98. The highest BCUT2D eigenvalue weighted by atomic mass is 35.5. The fraction of sp³-hybridized carbons (Fsp3) is 0.857. The minimum Gasteiger partial charge on any atom is -0.355 e. The Morgan fingerprint density at radius 2 is 2.09 bits per heavy atom. The topological polar surface area (TPSA) is 29.1 Å². The minimum atomic E-state index is -0.601. The van der Waals surface area contributed by atoms with Crippen molar-refractivity contribution in [1.82, 2.24) is 5.32 Å². The maximum Gasteiger partial charge on any atom is 0.239 e. The normalized spacial score (nSPS) is 13.2. The second-order valence-electron chi connectivity index (χ2n) is 2.76. The van der Waals surface area contributed by atoms with Gasteiger partial charge in [0, 0.05) is 12.4 Å². The van der Waals surface area contributed by atoms with Crippen molar-refractivity contribution in [2.75, 3.05) is 12.4 Å². The molecule has 1 unspecified atom stereocenters. The van der Waals surface area contributed by atoms with Crippen LogP contribution in [0, 0.1) is 5.92 Å². The zero-order chi connectivity index (χ0) is 8.85. The van der Waals surface area contributed by atoms with Gasteiger partial charge in [0.1, 0.15) is 5.38 Å². The quantitative estimate of drug-likeness (QED) is 0.683. The van der Waals surface area contributed by atoms with Gasteiger partial charge in [-0.15, -0.1) is 23.2 Å². The molecule has 0 heterocycles. The van der Waals surface area contributed by atoms with Crippen molar-refractivity contribution in [3.05, 3.63) is 0 Å². The molecule has 0 radical (unpaired) electrons. The first-order valence-corrected chi connectivity index (χ1v) is 4.52. The molecule has 0 aliphatic carbocycles. The van der Waals surface area contributed by atoms with E-state index in [-0.39, 0.29) is 11.8 Å². The van der Waals surface area contributed by atoms with Gasteiger partial charge in [0.2, 0.25) is 5.91 Å². The van der Waals surface area contributed by atoms with Gasteiger partial charge in [0.25, 0.3) is 0 Å². The molecule has 0 saturated heterocycles. The summed E-state index contributed by atoms with van der Waals surface area (Å²) in [7, 11) is 0. The first-order chi connectivity index (χ1) is 5.07. The summed E-state index contributed by atoms with van der Waals surface area (Å²) in [6.07, 6.45) is 0. The summed E-state index contributed by atoms with van der Waals surface area (Å²) in [5, 5.41) is 2.08. The number of hydrogen-bond acceptors (Lipinski definition) is 1. The second-order valence-corrected chi connectivity index (χ2v) is 3.60. The Morgan fingerprint density at radius 1 is 1.55 bits per heavy atom. The van der Waals surface area contributed by atoms with Crippen molar-refractivity contribution >= 4 is 29.1 Å². The van der Waals surface area contributed by atoms with Gasteiger partial charge in [0.15, 0.2) is 0 Å². The SMILES string of the molecule is CC(C)CNC(=O)C(Cl)CCl. The van der Waals surface area contributed by atoms with Crippen LogP contribution in [-0.4, -0.2) is 23.7 Å². The molecule has 0 aromatic carbocycles. The van der Waals surface area contributed by atoms with E-state index in [0.29, 0.717) is 12.5 Å². The van der Waals surface area contributed by atoms with Crippen LogP contribution in [0.1, 0.15) is 13.8 Å². The van der Waals surface area contributed by atoms with E-state index < -0.39 is 5.38 Å². The van der Waals surface area contributed by atoms with E-state index in [1.807, 2.05) is 13.8 Å². The average molecular weight is 198 g/mol.